The Morgan fingerprint density at radius 3 is 2.54 bits per heavy atom. The fourth-order valence-electron chi connectivity index (χ4n) is 3.73. The number of carbonyl (C=O) groups excluding carboxylic acids is 1. The van der Waals surface area contributed by atoms with Crippen molar-refractivity contribution >= 4 is 27.5 Å². The molecule has 1 heterocycles. The molecule has 198 valence electrons. The van der Waals surface area contributed by atoms with Gasteiger partial charge in [-0.15, -0.1) is 6.42 Å². The lowest BCUT2D eigenvalue weighted by atomic mass is 9.93. The maximum absolute atomic E-state index is 13.1. The Hall–Kier alpha value is -3.07. The number of nitrogens with one attached hydrogen (secondary N) is 1. The van der Waals surface area contributed by atoms with Gasteiger partial charge >= 0.3 is 0 Å². The van der Waals surface area contributed by atoms with Gasteiger partial charge in [0.25, 0.3) is 5.91 Å². The summed E-state index contributed by atoms with van der Waals surface area (Å²) in [6.07, 6.45) is 6.50. The molecular weight excluding hydrogens is 520 g/mol. The van der Waals surface area contributed by atoms with Gasteiger partial charge in [0.15, 0.2) is 5.76 Å². The molecule has 9 nitrogen and oxygen atoms in total. The fourth-order valence-corrected chi connectivity index (χ4v) is 5.27. The van der Waals surface area contributed by atoms with Crippen LogP contribution in [0.4, 0.5) is 0 Å². The molecule has 3 rings (SSSR count). The van der Waals surface area contributed by atoms with Crippen molar-refractivity contribution in [3.05, 3.63) is 71.0 Å². The number of amides is 1. The topological polar surface area (TPSA) is 114 Å². The van der Waals surface area contributed by atoms with Crippen molar-refractivity contribution in [1.29, 1.82) is 0 Å². The van der Waals surface area contributed by atoms with E-state index in [0.29, 0.717) is 17.2 Å². The van der Waals surface area contributed by atoms with Crippen LogP contribution in [0.3, 0.4) is 0 Å². The molecule has 37 heavy (non-hydrogen) atoms. The van der Waals surface area contributed by atoms with Gasteiger partial charge in [-0.1, -0.05) is 29.7 Å². The van der Waals surface area contributed by atoms with Crippen LogP contribution in [0.25, 0.3) is 0 Å². The predicted octanol–water partition coefficient (Wildman–Crippen LogP) is 2.51. The van der Waals surface area contributed by atoms with E-state index < -0.39 is 22.2 Å². The quantitative estimate of drug-likeness (QED) is 0.392. The average molecular weight is 549 g/mol. The van der Waals surface area contributed by atoms with Crippen molar-refractivity contribution in [2.24, 2.45) is 0 Å². The van der Waals surface area contributed by atoms with Crippen LogP contribution in [0.2, 0.25) is 5.02 Å². The number of halogens is 1. The van der Waals surface area contributed by atoms with E-state index in [2.05, 4.69) is 11.2 Å². The molecule has 2 aromatic carbocycles. The number of terminal acetylenes is 1. The summed E-state index contributed by atoms with van der Waals surface area (Å²) >= 11 is 6.01. The first-order valence-electron chi connectivity index (χ1n) is 11.5. The molecule has 0 spiro atoms. The number of aliphatic hydroxyl groups excluding tert-OH is 1. The lowest BCUT2D eigenvalue weighted by Crippen LogP contribution is -2.38. The summed E-state index contributed by atoms with van der Waals surface area (Å²) < 4.78 is 44.1. The van der Waals surface area contributed by atoms with Crippen molar-refractivity contribution < 1.29 is 32.5 Å². The third-order valence-electron chi connectivity index (χ3n) is 5.62. The summed E-state index contributed by atoms with van der Waals surface area (Å²) in [4.78, 5) is 12.6. The zero-order valence-corrected chi connectivity index (χ0v) is 21.9. The third kappa shape index (κ3) is 7.71. The van der Waals surface area contributed by atoms with Gasteiger partial charge in [-0.25, -0.2) is 8.42 Å². The van der Waals surface area contributed by atoms with Gasteiger partial charge < -0.3 is 24.6 Å². The van der Waals surface area contributed by atoms with E-state index in [9.17, 15) is 18.3 Å². The summed E-state index contributed by atoms with van der Waals surface area (Å²) in [5.74, 6) is 2.24. The minimum atomic E-state index is -3.89. The first-order chi connectivity index (χ1) is 17.8. The molecule has 2 aromatic rings. The Labute approximate surface area is 222 Å². The van der Waals surface area contributed by atoms with Crippen LogP contribution in [0.1, 0.15) is 17.9 Å². The molecule has 0 aromatic heterocycles. The van der Waals surface area contributed by atoms with E-state index in [-0.39, 0.29) is 49.4 Å². The SMILES string of the molecule is C#CCNC(=O)C1=C[C@@H](c2ccc(Cl)cc2)C[C@@H](OCCN(CCO)S(=O)(=O)c2ccc(OC)cc2)O1. The Bertz CT molecular complexity index is 1230. The normalized spacial score (nSPS) is 17.4. The molecule has 2 N–H and O–H groups in total. The number of carbonyl (C=O) groups is 1. The molecule has 1 amide bonds. The summed E-state index contributed by atoms with van der Waals surface area (Å²) in [7, 11) is -2.40. The molecule has 0 aliphatic carbocycles. The molecule has 0 radical (unpaired) electrons. The molecule has 0 saturated carbocycles. The number of aliphatic hydroxyl groups is 1. The highest BCUT2D eigenvalue weighted by molar-refractivity contribution is 7.89. The monoisotopic (exact) mass is 548 g/mol. The van der Waals surface area contributed by atoms with Gasteiger partial charge in [-0.05, 0) is 48.0 Å². The molecule has 0 unspecified atom stereocenters. The summed E-state index contributed by atoms with van der Waals surface area (Å²) in [5.41, 5.74) is 0.910. The van der Waals surface area contributed by atoms with E-state index in [0.717, 1.165) is 9.87 Å². The average Bonchev–Trinajstić information content (AvgIpc) is 2.91. The second kappa shape index (κ2) is 13.5. The molecular formula is C26H29ClN2O7S. The van der Waals surface area contributed by atoms with Crippen molar-refractivity contribution in [3.8, 4) is 18.1 Å². The van der Waals surface area contributed by atoms with E-state index in [1.165, 1.54) is 19.2 Å². The van der Waals surface area contributed by atoms with Crippen LogP contribution in [-0.2, 0) is 24.3 Å². The van der Waals surface area contributed by atoms with Crippen LogP contribution >= 0.6 is 11.6 Å². The van der Waals surface area contributed by atoms with Crippen LogP contribution in [0.15, 0.2) is 65.3 Å². The van der Waals surface area contributed by atoms with E-state index in [4.69, 9.17) is 32.2 Å². The number of benzene rings is 2. The lowest BCUT2D eigenvalue weighted by Gasteiger charge is -2.30. The van der Waals surface area contributed by atoms with Crippen molar-refractivity contribution in [2.75, 3.05) is 40.0 Å². The van der Waals surface area contributed by atoms with Crippen molar-refractivity contribution in [3.63, 3.8) is 0 Å². The minimum Gasteiger partial charge on any atom is -0.497 e. The molecule has 0 saturated heterocycles. The van der Waals surface area contributed by atoms with E-state index in [1.807, 2.05) is 12.1 Å². The number of sulfonamides is 1. The van der Waals surface area contributed by atoms with Crippen LogP contribution in [0, 0.1) is 12.3 Å². The number of nitrogens with zero attached hydrogens (tertiary/aromatic N) is 1. The van der Waals surface area contributed by atoms with Gasteiger partial charge in [0.1, 0.15) is 5.75 Å². The zero-order chi connectivity index (χ0) is 26.8. The number of ether oxygens (including phenoxy) is 3. The maximum Gasteiger partial charge on any atom is 0.286 e. The number of hydrogen-bond acceptors (Lipinski definition) is 7. The highest BCUT2D eigenvalue weighted by atomic mass is 35.5. The highest BCUT2D eigenvalue weighted by Gasteiger charge is 2.30. The first kappa shape index (κ1) is 28.5. The van der Waals surface area contributed by atoms with Crippen LogP contribution < -0.4 is 10.1 Å². The van der Waals surface area contributed by atoms with Gasteiger partial charge in [-0.3, -0.25) is 4.79 Å². The molecule has 1 aliphatic rings. The largest absolute Gasteiger partial charge is 0.497 e. The van der Waals surface area contributed by atoms with Crippen molar-refractivity contribution in [1.82, 2.24) is 9.62 Å². The molecule has 0 bridgehead atoms. The number of allylic oxidation sites excluding steroid dienone is 1. The summed E-state index contributed by atoms with van der Waals surface area (Å²) in [6, 6.07) is 13.2. The predicted molar refractivity (Wildman–Crippen MR) is 138 cm³/mol. The van der Waals surface area contributed by atoms with Gasteiger partial charge in [0, 0.05) is 30.5 Å². The highest BCUT2D eigenvalue weighted by Crippen LogP contribution is 2.32. The van der Waals surface area contributed by atoms with Gasteiger partial charge in [-0.2, -0.15) is 4.31 Å². The Morgan fingerprint density at radius 2 is 1.92 bits per heavy atom. The Morgan fingerprint density at radius 1 is 1.22 bits per heavy atom. The smallest absolute Gasteiger partial charge is 0.286 e. The van der Waals surface area contributed by atoms with Crippen molar-refractivity contribution in [2.45, 2.75) is 23.5 Å². The standard InChI is InChI=1S/C26H29ClN2O7S/c1-3-12-28-26(31)24-17-20(19-4-6-21(27)7-5-19)18-25(36-24)35-16-14-29(13-15-30)37(32,33)23-10-8-22(34-2)9-11-23/h1,4-11,17,20,25,30H,12-16,18H2,2H3,(H,28,31)/t20-,25+/m1/s1. The number of rotatable bonds is 12. The minimum absolute atomic E-state index is 0.0351. The first-order valence-corrected chi connectivity index (χ1v) is 13.3. The molecule has 2 atom stereocenters. The number of methoxy groups -OCH3 is 1. The molecule has 1 aliphatic heterocycles. The second-order valence-electron chi connectivity index (χ2n) is 8.03. The van der Waals surface area contributed by atoms with Gasteiger partial charge in [0.2, 0.25) is 16.3 Å². The lowest BCUT2D eigenvalue weighted by molar-refractivity contribution is -0.146. The Balaban J connectivity index is 1.71. The van der Waals surface area contributed by atoms with E-state index >= 15 is 0 Å². The summed E-state index contributed by atoms with van der Waals surface area (Å²) in [6.45, 7) is -0.516. The van der Waals surface area contributed by atoms with E-state index in [1.54, 1.807) is 30.3 Å². The third-order valence-corrected chi connectivity index (χ3v) is 7.79. The maximum atomic E-state index is 13.1. The second-order valence-corrected chi connectivity index (χ2v) is 10.4. The Kier molecular flexibility index (Phi) is 10.4. The molecule has 0 fully saturated rings. The fraction of sp³-hybridized carbons (Fsp3) is 0.346. The van der Waals surface area contributed by atoms with Crippen LogP contribution in [0.5, 0.6) is 5.75 Å². The van der Waals surface area contributed by atoms with Gasteiger partial charge in [0.05, 0.1) is 31.8 Å². The number of hydrogen-bond donors (Lipinski definition) is 2. The summed E-state index contributed by atoms with van der Waals surface area (Å²) in [5, 5.41) is 12.6. The van der Waals surface area contributed by atoms with Crippen LogP contribution in [-0.4, -0.2) is 70.0 Å². The molecule has 11 heteroatoms. The zero-order valence-electron chi connectivity index (χ0n) is 20.3.